The van der Waals surface area contributed by atoms with E-state index in [0.29, 0.717) is 0 Å². The Labute approximate surface area is 91.1 Å². The van der Waals surface area contributed by atoms with Crippen LogP contribution in [0, 0.1) is 0 Å². The standard InChI is InChI=1S/C12H20N2O/c1-11(2,3)9-7-10(15)14(13-8-9)12(4,5)6/h7-8H,1-6H3. The highest BCUT2D eigenvalue weighted by Gasteiger charge is 2.19. The molecule has 0 bridgehead atoms. The highest BCUT2D eigenvalue weighted by molar-refractivity contribution is 5.16. The van der Waals surface area contributed by atoms with Gasteiger partial charge in [-0.3, -0.25) is 4.79 Å². The molecule has 0 radical (unpaired) electrons. The van der Waals surface area contributed by atoms with Crippen LogP contribution in [0.15, 0.2) is 17.1 Å². The Kier molecular flexibility index (Phi) is 2.77. The zero-order valence-electron chi connectivity index (χ0n) is 10.5. The average Bonchev–Trinajstić information content (AvgIpc) is 1.99. The van der Waals surface area contributed by atoms with E-state index < -0.39 is 0 Å². The van der Waals surface area contributed by atoms with Crippen LogP contribution in [0.1, 0.15) is 47.1 Å². The molecule has 1 aromatic heterocycles. The molecular weight excluding hydrogens is 188 g/mol. The van der Waals surface area contributed by atoms with Crippen LogP contribution in [0.2, 0.25) is 0 Å². The van der Waals surface area contributed by atoms with E-state index in [0.717, 1.165) is 5.56 Å². The molecule has 0 aliphatic rings. The van der Waals surface area contributed by atoms with Crippen LogP contribution in [-0.2, 0) is 11.0 Å². The maximum absolute atomic E-state index is 11.8. The van der Waals surface area contributed by atoms with Crippen molar-refractivity contribution in [1.82, 2.24) is 9.78 Å². The Morgan fingerprint density at radius 1 is 1.13 bits per heavy atom. The summed E-state index contributed by atoms with van der Waals surface area (Å²) >= 11 is 0. The van der Waals surface area contributed by atoms with Gasteiger partial charge in [-0.2, -0.15) is 5.10 Å². The molecule has 0 fully saturated rings. The summed E-state index contributed by atoms with van der Waals surface area (Å²) in [4.78, 5) is 11.8. The summed E-state index contributed by atoms with van der Waals surface area (Å²) < 4.78 is 1.52. The van der Waals surface area contributed by atoms with Gasteiger partial charge >= 0.3 is 0 Å². The van der Waals surface area contributed by atoms with E-state index in [1.165, 1.54) is 4.68 Å². The molecule has 0 saturated carbocycles. The molecule has 0 saturated heterocycles. The minimum Gasteiger partial charge on any atom is -0.268 e. The van der Waals surface area contributed by atoms with E-state index >= 15 is 0 Å². The van der Waals surface area contributed by atoms with E-state index in [2.05, 4.69) is 25.9 Å². The molecule has 0 amide bonds. The van der Waals surface area contributed by atoms with Gasteiger partial charge in [0.1, 0.15) is 0 Å². The van der Waals surface area contributed by atoms with Crippen molar-refractivity contribution in [3.05, 3.63) is 28.2 Å². The second-order valence-electron chi connectivity index (χ2n) is 5.92. The molecule has 84 valence electrons. The Morgan fingerprint density at radius 2 is 1.67 bits per heavy atom. The summed E-state index contributed by atoms with van der Waals surface area (Å²) in [7, 11) is 0. The molecule has 1 aromatic rings. The van der Waals surface area contributed by atoms with E-state index in [9.17, 15) is 4.79 Å². The zero-order chi connectivity index (χ0) is 11.9. The lowest BCUT2D eigenvalue weighted by Gasteiger charge is -2.23. The number of hydrogen-bond acceptors (Lipinski definition) is 2. The largest absolute Gasteiger partial charge is 0.268 e. The molecule has 1 heterocycles. The fraction of sp³-hybridized carbons (Fsp3) is 0.667. The van der Waals surface area contributed by atoms with E-state index in [4.69, 9.17) is 0 Å². The molecule has 0 spiro atoms. The van der Waals surface area contributed by atoms with Crippen molar-refractivity contribution >= 4 is 0 Å². The van der Waals surface area contributed by atoms with Gasteiger partial charge in [0, 0.05) is 6.07 Å². The molecule has 0 atom stereocenters. The first-order valence-electron chi connectivity index (χ1n) is 5.23. The second-order valence-corrected chi connectivity index (χ2v) is 5.92. The average molecular weight is 208 g/mol. The number of rotatable bonds is 0. The van der Waals surface area contributed by atoms with Gasteiger partial charge in [-0.1, -0.05) is 20.8 Å². The predicted octanol–water partition coefficient (Wildman–Crippen LogP) is 2.30. The third kappa shape index (κ3) is 2.67. The van der Waals surface area contributed by atoms with E-state index in [-0.39, 0.29) is 16.5 Å². The monoisotopic (exact) mass is 208 g/mol. The fourth-order valence-corrected chi connectivity index (χ4v) is 1.32. The molecule has 0 unspecified atom stereocenters. The molecule has 1 rings (SSSR count). The summed E-state index contributed by atoms with van der Waals surface area (Å²) in [6, 6.07) is 1.68. The SMILES string of the molecule is CC(C)(C)c1cnn(C(C)(C)C)c(=O)c1. The Balaban J connectivity index is 3.28. The molecule has 15 heavy (non-hydrogen) atoms. The molecular formula is C12H20N2O. The Hall–Kier alpha value is -1.12. The number of hydrogen-bond donors (Lipinski definition) is 0. The van der Waals surface area contributed by atoms with Gasteiger partial charge in [-0.15, -0.1) is 0 Å². The molecule has 3 nitrogen and oxygen atoms in total. The Bertz CT molecular complexity index is 405. The van der Waals surface area contributed by atoms with Crippen LogP contribution in [0.3, 0.4) is 0 Å². The Morgan fingerprint density at radius 3 is 2.00 bits per heavy atom. The van der Waals surface area contributed by atoms with Gasteiger partial charge in [0.2, 0.25) is 0 Å². The summed E-state index contributed by atoms with van der Waals surface area (Å²) in [5.74, 6) is 0. The maximum Gasteiger partial charge on any atom is 0.267 e. The van der Waals surface area contributed by atoms with Gasteiger partial charge in [0.15, 0.2) is 0 Å². The molecule has 0 aliphatic heterocycles. The zero-order valence-corrected chi connectivity index (χ0v) is 10.5. The van der Waals surface area contributed by atoms with Gasteiger partial charge in [0.25, 0.3) is 5.56 Å². The maximum atomic E-state index is 11.8. The van der Waals surface area contributed by atoms with Crippen LogP contribution < -0.4 is 5.56 Å². The van der Waals surface area contributed by atoms with Gasteiger partial charge in [-0.25, -0.2) is 4.68 Å². The van der Waals surface area contributed by atoms with Crippen molar-refractivity contribution in [3.8, 4) is 0 Å². The highest BCUT2D eigenvalue weighted by atomic mass is 16.1. The van der Waals surface area contributed by atoms with Crippen LogP contribution >= 0.6 is 0 Å². The van der Waals surface area contributed by atoms with Crippen LogP contribution in [-0.4, -0.2) is 9.78 Å². The molecule has 3 heteroatoms. The quantitative estimate of drug-likeness (QED) is 0.655. The lowest BCUT2D eigenvalue weighted by atomic mass is 9.89. The molecule has 0 N–H and O–H groups in total. The van der Waals surface area contributed by atoms with Crippen molar-refractivity contribution < 1.29 is 0 Å². The summed E-state index contributed by atoms with van der Waals surface area (Å²) in [6.45, 7) is 12.1. The summed E-state index contributed by atoms with van der Waals surface area (Å²) in [5, 5.41) is 4.22. The first-order chi connectivity index (χ1) is 6.62. The van der Waals surface area contributed by atoms with Crippen molar-refractivity contribution in [2.75, 3.05) is 0 Å². The van der Waals surface area contributed by atoms with E-state index in [1.54, 1.807) is 12.3 Å². The third-order valence-corrected chi connectivity index (χ3v) is 2.30. The van der Waals surface area contributed by atoms with Gasteiger partial charge in [0.05, 0.1) is 11.7 Å². The highest BCUT2D eigenvalue weighted by Crippen LogP contribution is 2.20. The third-order valence-electron chi connectivity index (χ3n) is 2.30. The normalized spacial score (nSPS) is 12.9. The fourth-order valence-electron chi connectivity index (χ4n) is 1.32. The number of aromatic nitrogens is 2. The van der Waals surface area contributed by atoms with Crippen LogP contribution in [0.4, 0.5) is 0 Å². The molecule has 0 aliphatic carbocycles. The topological polar surface area (TPSA) is 34.9 Å². The second kappa shape index (κ2) is 3.47. The van der Waals surface area contributed by atoms with Crippen molar-refractivity contribution in [1.29, 1.82) is 0 Å². The van der Waals surface area contributed by atoms with Crippen molar-refractivity contribution in [2.45, 2.75) is 52.5 Å². The van der Waals surface area contributed by atoms with Gasteiger partial charge in [-0.05, 0) is 31.7 Å². The lowest BCUT2D eigenvalue weighted by molar-refractivity contribution is 0.335. The van der Waals surface area contributed by atoms with Crippen LogP contribution in [0.25, 0.3) is 0 Å². The van der Waals surface area contributed by atoms with E-state index in [1.807, 2.05) is 20.8 Å². The summed E-state index contributed by atoms with van der Waals surface area (Å²) in [6.07, 6.45) is 1.78. The van der Waals surface area contributed by atoms with Crippen molar-refractivity contribution in [3.63, 3.8) is 0 Å². The smallest absolute Gasteiger partial charge is 0.267 e. The minimum absolute atomic E-state index is 0.0247. The number of nitrogens with zero attached hydrogens (tertiary/aromatic N) is 2. The molecule has 0 aromatic carbocycles. The first-order valence-corrected chi connectivity index (χ1v) is 5.23. The predicted molar refractivity (Wildman–Crippen MR) is 62.2 cm³/mol. The van der Waals surface area contributed by atoms with Crippen LogP contribution in [0.5, 0.6) is 0 Å². The van der Waals surface area contributed by atoms with Gasteiger partial charge < -0.3 is 0 Å². The minimum atomic E-state index is -0.256. The van der Waals surface area contributed by atoms with Crippen molar-refractivity contribution in [2.24, 2.45) is 0 Å². The summed E-state index contributed by atoms with van der Waals surface area (Å²) in [5.41, 5.74) is 0.666. The lowest BCUT2D eigenvalue weighted by Crippen LogP contribution is -2.36. The first kappa shape index (κ1) is 12.0.